The van der Waals surface area contributed by atoms with Crippen molar-refractivity contribution in [3.63, 3.8) is 0 Å². The third kappa shape index (κ3) is 3.09. The molecule has 0 spiro atoms. The van der Waals surface area contributed by atoms with Gasteiger partial charge in [0.2, 0.25) is 5.91 Å². The molecule has 0 aromatic carbocycles. The van der Waals surface area contributed by atoms with Gasteiger partial charge in [-0.15, -0.1) is 0 Å². The van der Waals surface area contributed by atoms with E-state index in [0.717, 1.165) is 12.2 Å². The van der Waals surface area contributed by atoms with Gasteiger partial charge in [0.15, 0.2) is 0 Å². The smallest absolute Gasteiger partial charge is 0.230 e. The Morgan fingerprint density at radius 1 is 1.53 bits per heavy atom. The lowest BCUT2D eigenvalue weighted by Crippen LogP contribution is -2.45. The highest BCUT2D eigenvalue weighted by atomic mass is 16.3. The number of nitrogens with zero attached hydrogens (tertiary/aromatic N) is 1. The molecule has 1 atom stereocenters. The normalized spacial score (nSPS) is 14.4. The average Bonchev–Trinajstić information content (AvgIpc) is 2.87. The Morgan fingerprint density at radius 2 is 2.24 bits per heavy atom. The van der Waals surface area contributed by atoms with Crippen LogP contribution in [0, 0.1) is 5.41 Å². The van der Waals surface area contributed by atoms with Crippen molar-refractivity contribution in [2.45, 2.75) is 33.7 Å². The molecule has 1 heterocycles. The molecule has 0 aliphatic carbocycles. The Morgan fingerprint density at radius 3 is 2.65 bits per heavy atom. The number of nitrogens with two attached hydrogens (primary N) is 1. The molecular formula is C13H22N2O2. The molecule has 2 N–H and O–H groups in total. The Balaban J connectivity index is 2.77. The zero-order chi connectivity index (χ0) is 12.9. The Labute approximate surface area is 103 Å². The third-order valence-electron chi connectivity index (χ3n) is 3.34. The summed E-state index contributed by atoms with van der Waals surface area (Å²) in [5.74, 6) is 0.900. The molecule has 0 saturated carbocycles. The molecule has 4 heteroatoms. The van der Waals surface area contributed by atoms with E-state index in [0.29, 0.717) is 19.6 Å². The van der Waals surface area contributed by atoms with Gasteiger partial charge in [-0.2, -0.15) is 0 Å². The Hall–Kier alpha value is -1.29. The minimum absolute atomic E-state index is 0.0985. The van der Waals surface area contributed by atoms with Crippen LogP contribution in [-0.4, -0.2) is 23.9 Å². The van der Waals surface area contributed by atoms with Crippen LogP contribution in [0.25, 0.3) is 0 Å². The van der Waals surface area contributed by atoms with Gasteiger partial charge >= 0.3 is 0 Å². The van der Waals surface area contributed by atoms with Gasteiger partial charge in [-0.25, -0.2) is 0 Å². The molecule has 1 unspecified atom stereocenters. The van der Waals surface area contributed by atoms with Crippen LogP contribution >= 0.6 is 0 Å². The first-order chi connectivity index (χ1) is 8.07. The fraction of sp³-hybridized carbons (Fsp3) is 0.615. The molecule has 0 saturated heterocycles. The average molecular weight is 238 g/mol. The standard InChI is InChI=1S/C13H22N2O2/c1-4-13(3,10-14)12(16)15(5-2)9-11-7-6-8-17-11/h6-8H,4-5,9-10,14H2,1-3H3. The first-order valence-electron chi connectivity index (χ1n) is 6.09. The number of hydrogen-bond donors (Lipinski definition) is 1. The molecule has 0 fully saturated rings. The molecule has 1 aromatic rings. The maximum absolute atomic E-state index is 12.4. The van der Waals surface area contributed by atoms with Crippen LogP contribution in [0.2, 0.25) is 0 Å². The summed E-state index contributed by atoms with van der Waals surface area (Å²) in [6.45, 7) is 7.42. The first-order valence-corrected chi connectivity index (χ1v) is 6.09. The number of carbonyl (C=O) groups excluding carboxylic acids is 1. The van der Waals surface area contributed by atoms with Crippen molar-refractivity contribution in [1.29, 1.82) is 0 Å². The van der Waals surface area contributed by atoms with Gasteiger partial charge in [-0.1, -0.05) is 6.92 Å². The van der Waals surface area contributed by atoms with Crippen LogP contribution in [-0.2, 0) is 11.3 Å². The highest BCUT2D eigenvalue weighted by molar-refractivity contribution is 5.82. The van der Waals surface area contributed by atoms with Gasteiger partial charge in [0.1, 0.15) is 5.76 Å². The van der Waals surface area contributed by atoms with Crippen molar-refractivity contribution in [3.8, 4) is 0 Å². The van der Waals surface area contributed by atoms with Crippen LogP contribution in [0.5, 0.6) is 0 Å². The number of furan rings is 1. The summed E-state index contributed by atoms with van der Waals surface area (Å²) < 4.78 is 5.27. The summed E-state index contributed by atoms with van der Waals surface area (Å²) in [5, 5.41) is 0. The fourth-order valence-corrected chi connectivity index (χ4v) is 1.68. The van der Waals surface area contributed by atoms with Crippen molar-refractivity contribution < 1.29 is 9.21 Å². The minimum atomic E-state index is -0.470. The van der Waals surface area contributed by atoms with Gasteiger partial charge in [0.25, 0.3) is 0 Å². The molecule has 1 aromatic heterocycles. The van der Waals surface area contributed by atoms with E-state index in [1.54, 1.807) is 11.2 Å². The predicted molar refractivity (Wildman–Crippen MR) is 67.3 cm³/mol. The number of carbonyl (C=O) groups is 1. The van der Waals surface area contributed by atoms with Crippen molar-refractivity contribution >= 4 is 5.91 Å². The monoisotopic (exact) mass is 238 g/mol. The van der Waals surface area contributed by atoms with E-state index in [-0.39, 0.29) is 5.91 Å². The quantitative estimate of drug-likeness (QED) is 0.824. The molecule has 0 aliphatic heterocycles. The predicted octanol–water partition coefficient (Wildman–Crippen LogP) is 2.00. The molecule has 0 bridgehead atoms. The fourth-order valence-electron chi connectivity index (χ4n) is 1.68. The molecule has 1 amide bonds. The summed E-state index contributed by atoms with van der Waals surface area (Å²) in [5.41, 5.74) is 5.24. The summed E-state index contributed by atoms with van der Waals surface area (Å²) >= 11 is 0. The highest BCUT2D eigenvalue weighted by Gasteiger charge is 2.33. The maximum atomic E-state index is 12.4. The maximum Gasteiger partial charge on any atom is 0.230 e. The molecule has 96 valence electrons. The van der Waals surface area contributed by atoms with Crippen LogP contribution in [0.4, 0.5) is 0 Å². The molecule has 17 heavy (non-hydrogen) atoms. The van der Waals surface area contributed by atoms with Crippen LogP contribution in [0.1, 0.15) is 33.0 Å². The van der Waals surface area contributed by atoms with Gasteiger partial charge < -0.3 is 15.1 Å². The lowest BCUT2D eigenvalue weighted by molar-refractivity contribution is -0.141. The Bertz CT molecular complexity index is 342. The first kappa shape index (κ1) is 13.8. The van der Waals surface area contributed by atoms with Crippen molar-refractivity contribution in [2.75, 3.05) is 13.1 Å². The van der Waals surface area contributed by atoms with Gasteiger partial charge in [0, 0.05) is 13.1 Å². The summed E-state index contributed by atoms with van der Waals surface area (Å²) in [7, 11) is 0. The number of rotatable bonds is 6. The number of hydrogen-bond acceptors (Lipinski definition) is 3. The molecule has 1 rings (SSSR count). The SMILES string of the molecule is CCN(Cc1ccco1)C(=O)C(C)(CC)CN. The molecular weight excluding hydrogens is 216 g/mol. The molecule has 4 nitrogen and oxygen atoms in total. The van der Waals surface area contributed by atoms with E-state index in [9.17, 15) is 4.79 Å². The second-order valence-electron chi connectivity index (χ2n) is 4.52. The molecule has 0 radical (unpaired) electrons. The minimum Gasteiger partial charge on any atom is -0.467 e. The number of amides is 1. The zero-order valence-corrected chi connectivity index (χ0v) is 10.9. The second-order valence-corrected chi connectivity index (χ2v) is 4.52. The van der Waals surface area contributed by atoms with E-state index in [4.69, 9.17) is 10.2 Å². The van der Waals surface area contributed by atoms with E-state index < -0.39 is 5.41 Å². The summed E-state index contributed by atoms with van der Waals surface area (Å²) in [6, 6.07) is 3.71. The molecule has 0 aliphatic rings. The lowest BCUT2D eigenvalue weighted by atomic mass is 9.86. The van der Waals surface area contributed by atoms with Gasteiger partial charge in [-0.05, 0) is 32.4 Å². The lowest BCUT2D eigenvalue weighted by Gasteiger charge is -2.32. The summed E-state index contributed by atoms with van der Waals surface area (Å²) in [6.07, 6.45) is 2.37. The van der Waals surface area contributed by atoms with Crippen LogP contribution in [0.3, 0.4) is 0 Å². The van der Waals surface area contributed by atoms with E-state index in [1.807, 2.05) is 32.9 Å². The van der Waals surface area contributed by atoms with Gasteiger partial charge in [-0.3, -0.25) is 4.79 Å². The van der Waals surface area contributed by atoms with Gasteiger partial charge in [0.05, 0.1) is 18.2 Å². The highest BCUT2D eigenvalue weighted by Crippen LogP contribution is 2.23. The van der Waals surface area contributed by atoms with E-state index in [2.05, 4.69) is 0 Å². The van der Waals surface area contributed by atoms with Crippen LogP contribution < -0.4 is 5.73 Å². The largest absolute Gasteiger partial charge is 0.467 e. The van der Waals surface area contributed by atoms with E-state index in [1.165, 1.54) is 0 Å². The third-order valence-corrected chi connectivity index (χ3v) is 3.34. The zero-order valence-electron chi connectivity index (χ0n) is 10.9. The second kappa shape index (κ2) is 5.87. The van der Waals surface area contributed by atoms with Crippen molar-refractivity contribution in [2.24, 2.45) is 11.1 Å². The summed E-state index contributed by atoms with van der Waals surface area (Å²) in [4.78, 5) is 14.2. The van der Waals surface area contributed by atoms with Crippen LogP contribution in [0.15, 0.2) is 22.8 Å². The van der Waals surface area contributed by atoms with E-state index >= 15 is 0 Å². The topological polar surface area (TPSA) is 59.5 Å². The van der Waals surface area contributed by atoms with Crippen molar-refractivity contribution in [1.82, 2.24) is 4.90 Å². The Kier molecular flexibility index (Phi) is 4.75. The van der Waals surface area contributed by atoms with Crippen molar-refractivity contribution in [3.05, 3.63) is 24.2 Å².